The molecular weight excluding hydrogens is 306 g/mol. The van der Waals surface area contributed by atoms with E-state index in [-0.39, 0.29) is 5.91 Å². The minimum atomic E-state index is -0.577. The van der Waals surface area contributed by atoms with Crippen LogP contribution in [-0.2, 0) is 16.1 Å². The lowest BCUT2D eigenvalue weighted by Crippen LogP contribution is -2.14. The fourth-order valence-corrected chi connectivity index (χ4v) is 2.39. The highest BCUT2D eigenvalue weighted by Gasteiger charge is 2.11. The Kier molecular flexibility index (Phi) is 5.45. The molecule has 0 aliphatic carbocycles. The standard InChI is InChI=1S/C14H15N3O4S/c1-20-7-12-17-11(8-22-12)13(18)15-9-4-3-5-10(6-9)16-14(19)21-2/h3-6,8H,7H2,1-2H3,(H,15,18)(H,16,19). The van der Waals surface area contributed by atoms with Crippen LogP contribution in [-0.4, -0.2) is 31.2 Å². The van der Waals surface area contributed by atoms with Gasteiger partial charge < -0.3 is 14.8 Å². The molecule has 2 aromatic rings. The number of nitrogens with zero attached hydrogens (tertiary/aromatic N) is 1. The molecule has 7 nitrogen and oxygen atoms in total. The Balaban J connectivity index is 2.04. The number of ether oxygens (including phenoxy) is 2. The topological polar surface area (TPSA) is 89.5 Å². The molecule has 2 N–H and O–H groups in total. The molecule has 116 valence electrons. The van der Waals surface area contributed by atoms with Gasteiger partial charge in [0.25, 0.3) is 5.91 Å². The summed E-state index contributed by atoms with van der Waals surface area (Å²) in [5.74, 6) is -0.325. The van der Waals surface area contributed by atoms with E-state index in [1.807, 2.05) is 0 Å². The Morgan fingerprint density at radius 3 is 2.64 bits per heavy atom. The summed E-state index contributed by atoms with van der Waals surface area (Å²) in [5, 5.41) is 7.64. The number of carbonyl (C=O) groups excluding carboxylic acids is 2. The normalized spacial score (nSPS) is 10.1. The van der Waals surface area contributed by atoms with Crippen LogP contribution in [0.2, 0.25) is 0 Å². The lowest BCUT2D eigenvalue weighted by Gasteiger charge is -2.07. The second-order valence-corrected chi connectivity index (χ2v) is 5.15. The zero-order chi connectivity index (χ0) is 15.9. The molecule has 1 heterocycles. The second kappa shape index (κ2) is 7.53. The Bertz CT molecular complexity index is 672. The maximum atomic E-state index is 12.1. The molecular formula is C14H15N3O4S. The first kappa shape index (κ1) is 15.9. The van der Waals surface area contributed by atoms with Crippen molar-refractivity contribution in [3.05, 3.63) is 40.3 Å². The Morgan fingerprint density at radius 1 is 1.23 bits per heavy atom. The second-order valence-electron chi connectivity index (χ2n) is 4.21. The SMILES string of the molecule is COCc1nc(C(=O)Nc2cccc(NC(=O)OC)c2)cs1. The highest BCUT2D eigenvalue weighted by atomic mass is 32.1. The third-order valence-electron chi connectivity index (χ3n) is 2.60. The molecule has 0 atom stereocenters. The van der Waals surface area contributed by atoms with Crippen molar-refractivity contribution < 1.29 is 19.1 Å². The molecule has 2 amide bonds. The first-order valence-electron chi connectivity index (χ1n) is 6.32. The molecule has 2 rings (SSSR count). The molecule has 0 saturated heterocycles. The van der Waals surface area contributed by atoms with E-state index in [4.69, 9.17) is 4.74 Å². The fraction of sp³-hybridized carbons (Fsp3) is 0.214. The van der Waals surface area contributed by atoms with Crippen molar-refractivity contribution in [2.45, 2.75) is 6.61 Å². The zero-order valence-electron chi connectivity index (χ0n) is 12.1. The summed E-state index contributed by atoms with van der Waals surface area (Å²) in [7, 11) is 2.85. The van der Waals surface area contributed by atoms with Crippen LogP contribution in [0.3, 0.4) is 0 Å². The van der Waals surface area contributed by atoms with Crippen LogP contribution in [0, 0.1) is 0 Å². The summed E-state index contributed by atoms with van der Waals surface area (Å²) in [6.07, 6.45) is -0.577. The molecule has 1 aromatic heterocycles. The summed E-state index contributed by atoms with van der Waals surface area (Å²) in [4.78, 5) is 27.4. The van der Waals surface area contributed by atoms with Crippen molar-refractivity contribution in [2.75, 3.05) is 24.9 Å². The van der Waals surface area contributed by atoms with Gasteiger partial charge in [-0.05, 0) is 18.2 Å². The number of rotatable bonds is 5. The van der Waals surface area contributed by atoms with E-state index in [1.54, 1.807) is 36.8 Å². The van der Waals surface area contributed by atoms with Crippen LogP contribution in [0.4, 0.5) is 16.2 Å². The Labute approximate surface area is 131 Å². The number of hydrogen-bond acceptors (Lipinski definition) is 6. The molecule has 0 unspecified atom stereocenters. The summed E-state index contributed by atoms with van der Waals surface area (Å²) >= 11 is 1.36. The highest BCUT2D eigenvalue weighted by Crippen LogP contribution is 2.17. The average molecular weight is 321 g/mol. The lowest BCUT2D eigenvalue weighted by atomic mass is 10.2. The van der Waals surface area contributed by atoms with E-state index in [1.165, 1.54) is 18.4 Å². The number of hydrogen-bond donors (Lipinski definition) is 2. The fourth-order valence-electron chi connectivity index (χ4n) is 1.64. The smallest absolute Gasteiger partial charge is 0.411 e. The third-order valence-corrected chi connectivity index (χ3v) is 3.43. The lowest BCUT2D eigenvalue weighted by molar-refractivity contribution is 0.102. The monoisotopic (exact) mass is 321 g/mol. The van der Waals surface area contributed by atoms with Gasteiger partial charge in [0.05, 0.1) is 13.7 Å². The summed E-state index contributed by atoms with van der Waals surface area (Å²) < 4.78 is 9.48. The molecule has 0 radical (unpaired) electrons. The number of thiazole rings is 1. The first-order valence-corrected chi connectivity index (χ1v) is 7.20. The zero-order valence-corrected chi connectivity index (χ0v) is 12.9. The van der Waals surface area contributed by atoms with Crippen LogP contribution < -0.4 is 10.6 Å². The van der Waals surface area contributed by atoms with E-state index in [0.29, 0.717) is 23.7 Å². The highest BCUT2D eigenvalue weighted by molar-refractivity contribution is 7.09. The van der Waals surface area contributed by atoms with Crippen LogP contribution in [0.1, 0.15) is 15.5 Å². The first-order chi connectivity index (χ1) is 10.6. The predicted molar refractivity (Wildman–Crippen MR) is 83.2 cm³/mol. The van der Waals surface area contributed by atoms with E-state index in [9.17, 15) is 9.59 Å². The molecule has 0 aliphatic rings. The molecule has 0 fully saturated rings. The van der Waals surface area contributed by atoms with Crippen molar-refractivity contribution in [1.29, 1.82) is 0 Å². The molecule has 0 bridgehead atoms. The van der Waals surface area contributed by atoms with Crippen LogP contribution in [0.5, 0.6) is 0 Å². The molecule has 0 saturated carbocycles. The van der Waals surface area contributed by atoms with Crippen LogP contribution in [0.15, 0.2) is 29.6 Å². The summed E-state index contributed by atoms with van der Waals surface area (Å²) in [5.41, 5.74) is 1.38. The van der Waals surface area contributed by atoms with Gasteiger partial charge in [-0.25, -0.2) is 9.78 Å². The Morgan fingerprint density at radius 2 is 1.95 bits per heavy atom. The van der Waals surface area contributed by atoms with Gasteiger partial charge >= 0.3 is 6.09 Å². The van der Waals surface area contributed by atoms with E-state index < -0.39 is 6.09 Å². The number of benzene rings is 1. The minimum Gasteiger partial charge on any atom is -0.453 e. The largest absolute Gasteiger partial charge is 0.453 e. The van der Waals surface area contributed by atoms with Crippen molar-refractivity contribution >= 4 is 34.7 Å². The van der Waals surface area contributed by atoms with Crippen LogP contribution in [0.25, 0.3) is 0 Å². The molecule has 0 aliphatic heterocycles. The van der Waals surface area contributed by atoms with Gasteiger partial charge in [0.15, 0.2) is 0 Å². The number of methoxy groups -OCH3 is 2. The number of anilines is 2. The Hall–Kier alpha value is -2.45. The van der Waals surface area contributed by atoms with Crippen molar-refractivity contribution in [3.8, 4) is 0 Å². The van der Waals surface area contributed by atoms with Gasteiger partial charge in [-0.1, -0.05) is 6.07 Å². The summed E-state index contributed by atoms with van der Waals surface area (Å²) in [6.45, 7) is 0.372. The van der Waals surface area contributed by atoms with E-state index in [0.717, 1.165) is 5.01 Å². The molecule has 22 heavy (non-hydrogen) atoms. The van der Waals surface area contributed by atoms with Crippen molar-refractivity contribution in [2.24, 2.45) is 0 Å². The number of amides is 2. The number of nitrogens with one attached hydrogen (secondary N) is 2. The van der Waals surface area contributed by atoms with E-state index in [2.05, 4.69) is 20.4 Å². The van der Waals surface area contributed by atoms with E-state index >= 15 is 0 Å². The molecule has 0 spiro atoms. The van der Waals surface area contributed by atoms with Gasteiger partial charge in [-0.2, -0.15) is 0 Å². The average Bonchev–Trinajstić information content (AvgIpc) is 2.96. The van der Waals surface area contributed by atoms with Gasteiger partial charge in [0.1, 0.15) is 10.7 Å². The number of aromatic nitrogens is 1. The van der Waals surface area contributed by atoms with Gasteiger partial charge in [0, 0.05) is 23.9 Å². The quantitative estimate of drug-likeness (QED) is 0.884. The maximum absolute atomic E-state index is 12.1. The van der Waals surface area contributed by atoms with Crippen molar-refractivity contribution in [3.63, 3.8) is 0 Å². The third kappa shape index (κ3) is 4.27. The van der Waals surface area contributed by atoms with Gasteiger partial charge in [0.2, 0.25) is 0 Å². The molecule has 1 aromatic carbocycles. The number of carbonyl (C=O) groups is 2. The maximum Gasteiger partial charge on any atom is 0.411 e. The van der Waals surface area contributed by atoms with Crippen LogP contribution >= 0.6 is 11.3 Å². The minimum absolute atomic E-state index is 0.323. The van der Waals surface area contributed by atoms with Gasteiger partial charge in [-0.3, -0.25) is 10.1 Å². The predicted octanol–water partition coefficient (Wildman–Crippen LogP) is 2.72. The van der Waals surface area contributed by atoms with Crippen molar-refractivity contribution in [1.82, 2.24) is 4.98 Å². The summed E-state index contributed by atoms with van der Waals surface area (Å²) in [6, 6.07) is 6.73. The van der Waals surface area contributed by atoms with Gasteiger partial charge in [-0.15, -0.1) is 11.3 Å². The molecule has 8 heteroatoms.